The second-order valence-corrected chi connectivity index (χ2v) is 8.91. The van der Waals surface area contributed by atoms with Crippen LogP contribution in [0.15, 0.2) is 78.3 Å². The van der Waals surface area contributed by atoms with Crippen LogP contribution in [-0.2, 0) is 11.3 Å². The number of carbonyl (C=O) groups excluding carboxylic acids is 2. The second kappa shape index (κ2) is 9.60. The molecule has 5 rings (SSSR count). The molecule has 7 nitrogen and oxygen atoms in total. The number of hydrogen-bond acceptors (Lipinski definition) is 6. The van der Waals surface area contributed by atoms with Crippen LogP contribution in [0.1, 0.15) is 27.5 Å². The lowest BCUT2D eigenvalue weighted by atomic mass is 9.99. The summed E-state index contributed by atoms with van der Waals surface area (Å²) in [5, 5.41) is 5.14. The monoisotopic (exact) mass is 485 g/mol. The van der Waals surface area contributed by atoms with Crippen LogP contribution in [0.4, 0.5) is 5.13 Å². The van der Waals surface area contributed by atoms with Gasteiger partial charge in [0.1, 0.15) is 17.5 Å². The molecule has 2 amide bonds. The third-order valence-corrected chi connectivity index (χ3v) is 6.69. The average molecular weight is 486 g/mol. The summed E-state index contributed by atoms with van der Waals surface area (Å²) in [4.78, 5) is 32.8. The van der Waals surface area contributed by atoms with Crippen molar-refractivity contribution in [1.29, 1.82) is 0 Å². The Kier molecular flexibility index (Phi) is 6.20. The van der Waals surface area contributed by atoms with Gasteiger partial charge in [0.2, 0.25) is 0 Å². The van der Waals surface area contributed by atoms with Gasteiger partial charge in [-0.2, -0.15) is 0 Å². The number of aromatic nitrogens is 1. The van der Waals surface area contributed by atoms with E-state index in [9.17, 15) is 9.59 Å². The zero-order valence-electron chi connectivity index (χ0n) is 19.2. The minimum absolute atomic E-state index is 0.197. The first-order chi connectivity index (χ1) is 17.1. The van der Waals surface area contributed by atoms with Crippen molar-refractivity contribution >= 4 is 28.3 Å². The van der Waals surface area contributed by atoms with Crippen molar-refractivity contribution in [2.45, 2.75) is 12.6 Å². The third-order valence-electron chi connectivity index (χ3n) is 6.00. The van der Waals surface area contributed by atoms with Crippen LogP contribution in [0, 0.1) is 0 Å². The van der Waals surface area contributed by atoms with E-state index < -0.39 is 6.04 Å². The number of methoxy groups -OCH3 is 2. The van der Waals surface area contributed by atoms with Crippen LogP contribution in [0.5, 0.6) is 11.5 Å². The molecule has 2 heterocycles. The predicted octanol–water partition coefficient (Wildman–Crippen LogP) is 5.16. The largest absolute Gasteiger partial charge is 0.497 e. The standard InChI is InChI=1S/C27H23N3O4S/c1-33-20-10-11-21(23(15-20)34-2)18-8-9-19-16-30(26(32)22(19)14-18)24(17-6-4-3-5-7-17)25(31)29-27-28-12-13-35-27/h3-15,24H,16H2,1-2H3,(H,28,29,31). The fourth-order valence-electron chi connectivity index (χ4n) is 4.30. The fraction of sp³-hybridized carbons (Fsp3) is 0.148. The maximum absolute atomic E-state index is 13.6. The summed E-state index contributed by atoms with van der Waals surface area (Å²) >= 11 is 1.33. The van der Waals surface area contributed by atoms with E-state index >= 15 is 0 Å². The molecule has 1 aromatic heterocycles. The van der Waals surface area contributed by atoms with E-state index in [2.05, 4.69) is 10.3 Å². The van der Waals surface area contributed by atoms with Gasteiger partial charge in [-0.15, -0.1) is 11.3 Å². The molecule has 8 heteroatoms. The van der Waals surface area contributed by atoms with Crippen molar-refractivity contribution in [1.82, 2.24) is 9.88 Å². The van der Waals surface area contributed by atoms with Crippen molar-refractivity contribution in [3.05, 3.63) is 95.0 Å². The van der Waals surface area contributed by atoms with Gasteiger partial charge in [-0.25, -0.2) is 4.98 Å². The zero-order valence-corrected chi connectivity index (χ0v) is 20.0. The molecule has 4 aromatic rings. The van der Waals surface area contributed by atoms with E-state index in [4.69, 9.17) is 9.47 Å². The number of carbonyl (C=O) groups is 2. The highest BCUT2D eigenvalue weighted by Gasteiger charge is 2.38. The molecule has 0 bridgehead atoms. The minimum atomic E-state index is -0.793. The predicted molar refractivity (Wildman–Crippen MR) is 135 cm³/mol. The first-order valence-electron chi connectivity index (χ1n) is 11.0. The Morgan fingerprint density at radius 1 is 1.03 bits per heavy atom. The van der Waals surface area contributed by atoms with Gasteiger partial charge in [0.25, 0.3) is 11.8 Å². The van der Waals surface area contributed by atoms with Gasteiger partial charge < -0.3 is 14.4 Å². The summed E-state index contributed by atoms with van der Waals surface area (Å²) in [5.74, 6) is 0.837. The summed E-state index contributed by atoms with van der Waals surface area (Å²) < 4.78 is 10.9. The molecule has 176 valence electrons. The van der Waals surface area contributed by atoms with Gasteiger partial charge in [0, 0.05) is 35.3 Å². The number of thiazole rings is 1. The molecule has 35 heavy (non-hydrogen) atoms. The Bertz CT molecular complexity index is 1370. The number of nitrogens with one attached hydrogen (secondary N) is 1. The summed E-state index contributed by atoms with van der Waals surface area (Å²) in [6.07, 6.45) is 1.63. The van der Waals surface area contributed by atoms with Crippen LogP contribution in [0.25, 0.3) is 11.1 Å². The van der Waals surface area contributed by atoms with E-state index in [-0.39, 0.29) is 11.8 Å². The second-order valence-electron chi connectivity index (χ2n) is 8.01. The molecular formula is C27H23N3O4S. The first kappa shape index (κ1) is 22.6. The van der Waals surface area contributed by atoms with E-state index in [0.717, 1.165) is 22.3 Å². The number of rotatable bonds is 7. The number of benzene rings is 3. The quantitative estimate of drug-likeness (QED) is 0.391. The fourth-order valence-corrected chi connectivity index (χ4v) is 4.84. The number of hydrogen-bond donors (Lipinski definition) is 1. The molecule has 1 aliphatic rings. The molecule has 0 radical (unpaired) electrons. The maximum Gasteiger partial charge on any atom is 0.255 e. The number of amides is 2. The summed E-state index contributed by atoms with van der Waals surface area (Å²) in [6, 6.07) is 19.9. The highest BCUT2D eigenvalue weighted by molar-refractivity contribution is 7.13. The molecule has 1 N–H and O–H groups in total. The van der Waals surface area contributed by atoms with Crippen LogP contribution >= 0.6 is 11.3 Å². The minimum Gasteiger partial charge on any atom is -0.497 e. The van der Waals surface area contributed by atoms with Crippen molar-refractivity contribution in [3.63, 3.8) is 0 Å². The van der Waals surface area contributed by atoms with Crippen LogP contribution < -0.4 is 14.8 Å². The SMILES string of the molecule is COc1ccc(-c2ccc3c(c2)C(=O)N(C(C(=O)Nc2nccs2)c2ccccc2)C3)c(OC)c1. The highest BCUT2D eigenvalue weighted by atomic mass is 32.1. The smallest absolute Gasteiger partial charge is 0.255 e. The lowest BCUT2D eigenvalue weighted by Gasteiger charge is -2.27. The number of fused-ring (bicyclic) bond motifs is 1. The molecule has 0 saturated carbocycles. The zero-order chi connectivity index (χ0) is 24.4. The van der Waals surface area contributed by atoms with E-state index in [1.807, 2.05) is 66.7 Å². The lowest BCUT2D eigenvalue weighted by Crippen LogP contribution is -2.37. The summed E-state index contributed by atoms with van der Waals surface area (Å²) in [7, 11) is 3.20. The van der Waals surface area contributed by atoms with Gasteiger partial charge in [0.05, 0.1) is 14.2 Å². The number of nitrogens with zero attached hydrogens (tertiary/aromatic N) is 2. The van der Waals surface area contributed by atoms with Gasteiger partial charge in [-0.1, -0.05) is 42.5 Å². The lowest BCUT2D eigenvalue weighted by molar-refractivity contribution is -0.120. The molecule has 3 aromatic carbocycles. The summed E-state index contributed by atoms with van der Waals surface area (Å²) in [6.45, 7) is 0.332. The van der Waals surface area contributed by atoms with Crippen molar-refractivity contribution in [2.75, 3.05) is 19.5 Å². The molecule has 0 fully saturated rings. The van der Waals surface area contributed by atoms with E-state index in [1.165, 1.54) is 11.3 Å². The van der Waals surface area contributed by atoms with Gasteiger partial charge in [0.15, 0.2) is 5.13 Å². The Morgan fingerprint density at radius 2 is 1.86 bits per heavy atom. The Hall–Kier alpha value is -4.17. The molecule has 1 atom stereocenters. The number of ether oxygens (including phenoxy) is 2. The van der Waals surface area contributed by atoms with E-state index in [0.29, 0.717) is 28.7 Å². The molecule has 1 aliphatic heterocycles. The van der Waals surface area contributed by atoms with Crippen molar-refractivity contribution in [2.24, 2.45) is 0 Å². The van der Waals surface area contributed by atoms with Crippen LogP contribution in [0.2, 0.25) is 0 Å². The first-order valence-corrected chi connectivity index (χ1v) is 11.9. The van der Waals surface area contributed by atoms with Gasteiger partial charge >= 0.3 is 0 Å². The Balaban J connectivity index is 1.49. The molecule has 0 aliphatic carbocycles. The molecule has 1 unspecified atom stereocenters. The van der Waals surface area contributed by atoms with E-state index in [1.54, 1.807) is 30.7 Å². The third kappa shape index (κ3) is 4.36. The highest BCUT2D eigenvalue weighted by Crippen LogP contribution is 2.38. The Morgan fingerprint density at radius 3 is 2.57 bits per heavy atom. The summed E-state index contributed by atoms with van der Waals surface area (Å²) in [5.41, 5.74) is 3.88. The molecular weight excluding hydrogens is 462 g/mol. The van der Waals surface area contributed by atoms with Crippen molar-refractivity contribution in [3.8, 4) is 22.6 Å². The average Bonchev–Trinajstić information content (AvgIpc) is 3.52. The normalized spacial score (nSPS) is 13.3. The van der Waals surface area contributed by atoms with Gasteiger partial charge in [-0.3, -0.25) is 14.9 Å². The van der Waals surface area contributed by atoms with Crippen molar-refractivity contribution < 1.29 is 19.1 Å². The topological polar surface area (TPSA) is 80.8 Å². The number of anilines is 1. The van der Waals surface area contributed by atoms with Crippen LogP contribution in [-0.4, -0.2) is 35.9 Å². The Labute approximate surface area is 207 Å². The van der Waals surface area contributed by atoms with Gasteiger partial charge in [-0.05, 0) is 34.9 Å². The molecule has 0 spiro atoms. The van der Waals surface area contributed by atoms with Crippen LogP contribution in [0.3, 0.4) is 0 Å². The maximum atomic E-state index is 13.6. The molecule has 0 saturated heterocycles.